The zero-order valence-electron chi connectivity index (χ0n) is 9.82. The van der Waals surface area contributed by atoms with Crippen LogP contribution >= 0.6 is 0 Å². The van der Waals surface area contributed by atoms with E-state index in [9.17, 15) is 4.79 Å². The highest BCUT2D eigenvalue weighted by Gasteiger charge is 2.52. The molecule has 15 heavy (non-hydrogen) atoms. The molecule has 2 fully saturated rings. The molecule has 0 radical (unpaired) electrons. The summed E-state index contributed by atoms with van der Waals surface area (Å²) in [5.74, 6) is 0.188. The molecule has 0 aromatic heterocycles. The average molecular weight is 212 g/mol. The van der Waals surface area contributed by atoms with Crippen molar-refractivity contribution in [1.29, 1.82) is 0 Å². The number of likely N-dealkylation sites (tertiary alicyclic amines) is 1. The van der Waals surface area contributed by atoms with Gasteiger partial charge in [0.25, 0.3) is 5.91 Å². The van der Waals surface area contributed by atoms with Gasteiger partial charge in [-0.15, -0.1) is 0 Å². The third-order valence-electron chi connectivity index (χ3n) is 3.51. The number of rotatable bonds is 2. The lowest BCUT2D eigenvalue weighted by Crippen LogP contribution is -2.45. The first-order chi connectivity index (χ1) is 7.09. The van der Waals surface area contributed by atoms with E-state index < -0.39 is 5.60 Å². The second-order valence-electron chi connectivity index (χ2n) is 4.76. The van der Waals surface area contributed by atoms with Gasteiger partial charge in [0.15, 0.2) is 5.60 Å². The molecule has 2 rings (SSSR count). The van der Waals surface area contributed by atoms with Crippen molar-refractivity contribution in [2.45, 2.75) is 38.8 Å². The van der Waals surface area contributed by atoms with Crippen LogP contribution in [-0.4, -0.2) is 53.7 Å². The normalized spacial score (nSPS) is 32.5. The van der Waals surface area contributed by atoms with Crippen LogP contribution in [0.3, 0.4) is 0 Å². The first-order valence-electron chi connectivity index (χ1n) is 5.76. The summed E-state index contributed by atoms with van der Waals surface area (Å²) in [5, 5.41) is 0. The van der Waals surface area contributed by atoms with E-state index in [1.165, 1.54) is 0 Å². The van der Waals surface area contributed by atoms with Crippen LogP contribution in [0.2, 0.25) is 0 Å². The molecule has 1 unspecified atom stereocenters. The molecule has 0 aromatic rings. The van der Waals surface area contributed by atoms with Crippen molar-refractivity contribution in [3.63, 3.8) is 0 Å². The van der Waals surface area contributed by atoms with E-state index in [1.807, 2.05) is 18.7 Å². The lowest BCUT2D eigenvalue weighted by atomic mass is 10.0. The zero-order valence-corrected chi connectivity index (χ0v) is 9.82. The molecular formula is C11H20N2O2. The summed E-state index contributed by atoms with van der Waals surface area (Å²) < 4.78 is 5.75. The fourth-order valence-corrected chi connectivity index (χ4v) is 2.38. The summed E-state index contributed by atoms with van der Waals surface area (Å²) in [4.78, 5) is 16.3. The molecule has 0 bridgehead atoms. The Morgan fingerprint density at radius 1 is 1.53 bits per heavy atom. The molecule has 2 heterocycles. The SMILES string of the molecule is CCN1CCC2(C1)OCN(C(C)C)C2=O. The quantitative estimate of drug-likeness (QED) is 0.674. The molecule has 0 aromatic carbocycles. The molecule has 4 heteroatoms. The Labute approximate surface area is 91.2 Å². The standard InChI is InChI=1S/C11H20N2O2/c1-4-12-6-5-11(7-12)10(14)13(8-15-11)9(2)3/h9H,4-8H2,1-3H3. The van der Waals surface area contributed by atoms with Crippen LogP contribution in [0.5, 0.6) is 0 Å². The number of amides is 1. The van der Waals surface area contributed by atoms with E-state index in [0.717, 1.165) is 26.1 Å². The number of nitrogens with zero attached hydrogens (tertiary/aromatic N) is 2. The molecule has 86 valence electrons. The van der Waals surface area contributed by atoms with Crippen molar-refractivity contribution < 1.29 is 9.53 Å². The summed E-state index contributed by atoms with van der Waals surface area (Å²) in [5.41, 5.74) is -0.514. The summed E-state index contributed by atoms with van der Waals surface area (Å²) in [7, 11) is 0. The van der Waals surface area contributed by atoms with Gasteiger partial charge in [0.2, 0.25) is 0 Å². The van der Waals surface area contributed by atoms with Crippen LogP contribution in [0, 0.1) is 0 Å². The van der Waals surface area contributed by atoms with Crippen molar-refractivity contribution in [3.8, 4) is 0 Å². The first kappa shape index (κ1) is 10.9. The third-order valence-corrected chi connectivity index (χ3v) is 3.51. The van der Waals surface area contributed by atoms with Gasteiger partial charge < -0.3 is 14.5 Å². The van der Waals surface area contributed by atoms with Gasteiger partial charge >= 0.3 is 0 Å². The van der Waals surface area contributed by atoms with Gasteiger partial charge in [-0.3, -0.25) is 4.79 Å². The van der Waals surface area contributed by atoms with Gasteiger partial charge in [0, 0.05) is 19.1 Å². The Morgan fingerprint density at radius 3 is 2.73 bits per heavy atom. The number of carbonyl (C=O) groups excluding carboxylic acids is 1. The van der Waals surface area contributed by atoms with Crippen molar-refractivity contribution in [2.75, 3.05) is 26.4 Å². The van der Waals surface area contributed by atoms with Gasteiger partial charge in [-0.2, -0.15) is 0 Å². The van der Waals surface area contributed by atoms with Gasteiger partial charge in [0.1, 0.15) is 6.73 Å². The molecular weight excluding hydrogens is 192 g/mol. The van der Waals surface area contributed by atoms with Crippen molar-refractivity contribution >= 4 is 5.91 Å². The minimum Gasteiger partial charge on any atom is -0.343 e. The number of hydrogen-bond acceptors (Lipinski definition) is 3. The Balaban J connectivity index is 2.09. The van der Waals surface area contributed by atoms with Gasteiger partial charge in [-0.25, -0.2) is 0 Å². The van der Waals surface area contributed by atoms with Gasteiger partial charge in [-0.05, 0) is 26.8 Å². The Kier molecular flexibility index (Phi) is 2.73. The van der Waals surface area contributed by atoms with Crippen molar-refractivity contribution in [2.24, 2.45) is 0 Å². The van der Waals surface area contributed by atoms with Crippen LogP contribution in [0.4, 0.5) is 0 Å². The molecule has 1 atom stereocenters. The molecule has 0 saturated carbocycles. The molecule has 2 aliphatic heterocycles. The molecule has 2 saturated heterocycles. The van der Waals surface area contributed by atoms with Gasteiger partial charge in [0.05, 0.1) is 0 Å². The predicted octanol–water partition coefficient (Wildman–Crippen LogP) is 0.675. The molecule has 2 aliphatic rings. The zero-order chi connectivity index (χ0) is 11.1. The van der Waals surface area contributed by atoms with Crippen LogP contribution in [0.15, 0.2) is 0 Å². The largest absolute Gasteiger partial charge is 0.343 e. The lowest BCUT2D eigenvalue weighted by molar-refractivity contribution is -0.136. The number of ether oxygens (including phenoxy) is 1. The Hall–Kier alpha value is -0.610. The van der Waals surface area contributed by atoms with Crippen LogP contribution in [0.25, 0.3) is 0 Å². The molecule has 0 aliphatic carbocycles. The third kappa shape index (κ3) is 1.66. The minimum absolute atomic E-state index is 0.188. The van der Waals surface area contributed by atoms with E-state index in [4.69, 9.17) is 4.74 Å². The second-order valence-corrected chi connectivity index (χ2v) is 4.76. The fraction of sp³-hybridized carbons (Fsp3) is 0.909. The van der Waals surface area contributed by atoms with E-state index in [1.54, 1.807) is 0 Å². The first-order valence-corrected chi connectivity index (χ1v) is 5.76. The van der Waals surface area contributed by atoms with E-state index in [0.29, 0.717) is 6.73 Å². The monoisotopic (exact) mass is 212 g/mol. The maximum atomic E-state index is 12.2. The average Bonchev–Trinajstić information content (AvgIpc) is 2.74. The topological polar surface area (TPSA) is 32.8 Å². The summed E-state index contributed by atoms with van der Waals surface area (Å²) in [6.45, 7) is 9.41. The number of likely N-dealkylation sites (N-methyl/N-ethyl adjacent to an activating group) is 1. The van der Waals surface area contributed by atoms with Crippen LogP contribution in [-0.2, 0) is 9.53 Å². The fourth-order valence-electron chi connectivity index (χ4n) is 2.38. The summed E-state index contributed by atoms with van der Waals surface area (Å²) in [6, 6.07) is 0.243. The summed E-state index contributed by atoms with van der Waals surface area (Å²) >= 11 is 0. The second kappa shape index (κ2) is 3.76. The highest BCUT2D eigenvalue weighted by atomic mass is 16.5. The maximum Gasteiger partial charge on any atom is 0.258 e. The molecule has 0 N–H and O–H groups in total. The molecule has 1 amide bonds. The van der Waals surface area contributed by atoms with Crippen LogP contribution in [0.1, 0.15) is 27.2 Å². The van der Waals surface area contributed by atoms with E-state index in [-0.39, 0.29) is 11.9 Å². The minimum atomic E-state index is -0.514. The Bertz CT molecular complexity index is 267. The molecule has 1 spiro atoms. The predicted molar refractivity (Wildman–Crippen MR) is 57.4 cm³/mol. The highest BCUT2D eigenvalue weighted by Crippen LogP contribution is 2.33. The highest BCUT2D eigenvalue weighted by molar-refractivity contribution is 5.87. The van der Waals surface area contributed by atoms with E-state index >= 15 is 0 Å². The molecule has 4 nitrogen and oxygen atoms in total. The van der Waals surface area contributed by atoms with E-state index in [2.05, 4.69) is 11.8 Å². The lowest BCUT2D eigenvalue weighted by Gasteiger charge is -2.23. The smallest absolute Gasteiger partial charge is 0.258 e. The summed E-state index contributed by atoms with van der Waals surface area (Å²) in [6.07, 6.45) is 0.850. The number of hydrogen-bond donors (Lipinski definition) is 0. The Morgan fingerprint density at radius 2 is 2.27 bits per heavy atom. The van der Waals surface area contributed by atoms with Crippen molar-refractivity contribution in [1.82, 2.24) is 9.80 Å². The number of carbonyl (C=O) groups is 1. The van der Waals surface area contributed by atoms with Crippen LogP contribution < -0.4 is 0 Å². The maximum absolute atomic E-state index is 12.2. The van der Waals surface area contributed by atoms with Crippen molar-refractivity contribution in [3.05, 3.63) is 0 Å². The van der Waals surface area contributed by atoms with Gasteiger partial charge in [-0.1, -0.05) is 6.92 Å².